The van der Waals surface area contributed by atoms with Crippen molar-refractivity contribution in [2.75, 3.05) is 26.7 Å². The average Bonchev–Trinajstić information content (AvgIpc) is 2.70. The van der Waals surface area contributed by atoms with Crippen molar-refractivity contribution in [1.82, 2.24) is 10.2 Å². The molecule has 5 heteroatoms. The molecule has 1 saturated heterocycles. The first-order valence-electron chi connectivity index (χ1n) is 8.78. The van der Waals surface area contributed by atoms with Gasteiger partial charge in [0.15, 0.2) is 6.61 Å². The first-order valence-corrected chi connectivity index (χ1v) is 8.78. The molecule has 0 unspecified atom stereocenters. The zero-order chi connectivity index (χ0) is 18.4. The lowest BCUT2D eigenvalue weighted by Gasteiger charge is -2.28. The number of hydrogen-bond donors (Lipinski definition) is 1. The summed E-state index contributed by atoms with van der Waals surface area (Å²) >= 11 is 0. The van der Waals surface area contributed by atoms with Gasteiger partial charge in [-0.2, -0.15) is 0 Å². The van der Waals surface area contributed by atoms with Gasteiger partial charge < -0.3 is 15.0 Å². The quantitative estimate of drug-likeness (QED) is 0.848. The Morgan fingerprint density at radius 3 is 2.62 bits per heavy atom. The molecule has 0 saturated carbocycles. The molecule has 0 atom stereocenters. The number of benzene rings is 2. The van der Waals surface area contributed by atoms with E-state index in [2.05, 4.69) is 41.4 Å². The molecule has 134 valence electrons. The number of fused-ring (bicyclic) bond motifs is 1. The van der Waals surface area contributed by atoms with Crippen LogP contribution in [-0.4, -0.2) is 43.6 Å². The van der Waals surface area contributed by atoms with E-state index in [0.29, 0.717) is 13.1 Å². The minimum Gasteiger partial charge on any atom is -0.439 e. The van der Waals surface area contributed by atoms with Crippen LogP contribution < -0.4 is 5.32 Å². The fraction of sp³-hybridized carbons (Fsp3) is 0.333. The number of rotatable bonds is 2. The summed E-state index contributed by atoms with van der Waals surface area (Å²) in [6.45, 7) is 0.963. The van der Waals surface area contributed by atoms with Crippen LogP contribution in [0.2, 0.25) is 0 Å². The van der Waals surface area contributed by atoms with Crippen molar-refractivity contribution in [2.24, 2.45) is 5.92 Å². The number of carbonyl (C=O) groups is 2. The molecule has 2 aromatic carbocycles. The number of hydrogen-bond acceptors (Lipinski definition) is 3. The van der Waals surface area contributed by atoms with Gasteiger partial charge in [0.05, 0.1) is 0 Å². The zero-order valence-corrected chi connectivity index (χ0v) is 14.8. The molecule has 2 amide bonds. The molecule has 0 radical (unpaired) electrons. The van der Waals surface area contributed by atoms with Crippen LogP contribution in [0.5, 0.6) is 0 Å². The van der Waals surface area contributed by atoms with Crippen molar-refractivity contribution in [1.29, 1.82) is 0 Å². The standard InChI is InChI=1S/C21H22N2O3/c1-22-20(24)15-26-21(25)23-12-10-16(11-13-23)6-7-17-8-9-18-4-2-3-5-19(18)14-17/h2-5,8-9,14,16H,10-13,15H2,1H3,(H,22,24). The number of carbonyl (C=O) groups excluding carboxylic acids is 2. The lowest BCUT2D eigenvalue weighted by molar-refractivity contribution is -0.123. The molecule has 2 aromatic rings. The van der Waals surface area contributed by atoms with E-state index in [1.807, 2.05) is 18.2 Å². The van der Waals surface area contributed by atoms with Gasteiger partial charge in [-0.15, -0.1) is 0 Å². The SMILES string of the molecule is CNC(=O)COC(=O)N1CCC(C#Cc2ccc3ccccc3c2)CC1. The van der Waals surface area contributed by atoms with Crippen LogP contribution >= 0.6 is 0 Å². The van der Waals surface area contributed by atoms with Gasteiger partial charge >= 0.3 is 6.09 Å². The number of ether oxygens (including phenoxy) is 1. The highest BCUT2D eigenvalue weighted by Crippen LogP contribution is 2.18. The maximum Gasteiger partial charge on any atom is 0.410 e. The molecule has 1 N–H and O–H groups in total. The summed E-state index contributed by atoms with van der Waals surface area (Å²) in [6.07, 6.45) is 1.19. The van der Waals surface area contributed by atoms with Crippen molar-refractivity contribution in [3.8, 4) is 11.8 Å². The molecule has 5 nitrogen and oxygen atoms in total. The highest BCUT2D eigenvalue weighted by molar-refractivity contribution is 5.83. The Labute approximate surface area is 153 Å². The molecule has 3 rings (SSSR count). The van der Waals surface area contributed by atoms with Gasteiger partial charge in [0.2, 0.25) is 0 Å². The van der Waals surface area contributed by atoms with Crippen molar-refractivity contribution in [2.45, 2.75) is 12.8 Å². The third-order valence-corrected chi connectivity index (χ3v) is 4.53. The smallest absolute Gasteiger partial charge is 0.410 e. The monoisotopic (exact) mass is 350 g/mol. The van der Waals surface area contributed by atoms with Gasteiger partial charge in [-0.3, -0.25) is 4.79 Å². The van der Waals surface area contributed by atoms with Crippen molar-refractivity contribution in [3.63, 3.8) is 0 Å². The highest BCUT2D eigenvalue weighted by Gasteiger charge is 2.23. The summed E-state index contributed by atoms with van der Waals surface area (Å²) < 4.78 is 4.98. The minimum atomic E-state index is -0.436. The van der Waals surface area contributed by atoms with E-state index in [4.69, 9.17) is 4.74 Å². The van der Waals surface area contributed by atoms with E-state index in [1.165, 1.54) is 17.8 Å². The molecule has 0 aliphatic carbocycles. The summed E-state index contributed by atoms with van der Waals surface area (Å²) in [7, 11) is 1.51. The van der Waals surface area contributed by atoms with E-state index in [-0.39, 0.29) is 18.4 Å². The lowest BCUT2D eigenvalue weighted by atomic mass is 9.97. The number of nitrogens with one attached hydrogen (secondary N) is 1. The van der Waals surface area contributed by atoms with E-state index in [0.717, 1.165) is 18.4 Å². The van der Waals surface area contributed by atoms with Gasteiger partial charge in [-0.05, 0) is 35.7 Å². The second-order valence-corrected chi connectivity index (χ2v) is 6.32. The number of likely N-dealkylation sites (N-methyl/N-ethyl adjacent to an activating group) is 1. The molecule has 1 aliphatic heterocycles. The Morgan fingerprint density at radius 2 is 1.88 bits per heavy atom. The maximum absolute atomic E-state index is 11.9. The van der Waals surface area contributed by atoms with Gasteiger partial charge in [0.1, 0.15) is 0 Å². The molecule has 1 fully saturated rings. The molecule has 1 heterocycles. The summed E-state index contributed by atoms with van der Waals surface area (Å²) in [4.78, 5) is 24.7. The fourth-order valence-corrected chi connectivity index (χ4v) is 2.95. The van der Waals surface area contributed by atoms with Gasteiger partial charge in [-0.1, -0.05) is 42.2 Å². The van der Waals surface area contributed by atoms with Crippen molar-refractivity contribution >= 4 is 22.8 Å². The van der Waals surface area contributed by atoms with Crippen LogP contribution in [0.25, 0.3) is 10.8 Å². The summed E-state index contributed by atoms with van der Waals surface area (Å²) in [6, 6.07) is 14.5. The second-order valence-electron chi connectivity index (χ2n) is 6.32. The Hall–Kier alpha value is -3.00. The third-order valence-electron chi connectivity index (χ3n) is 4.53. The normalized spacial score (nSPS) is 14.4. The predicted octanol–water partition coefficient (Wildman–Crippen LogP) is 2.79. The molecule has 0 spiro atoms. The Balaban J connectivity index is 1.53. The maximum atomic E-state index is 11.9. The molecular weight excluding hydrogens is 328 g/mol. The summed E-state index contributed by atoms with van der Waals surface area (Å²) in [5, 5.41) is 4.82. The predicted molar refractivity (Wildman–Crippen MR) is 101 cm³/mol. The first-order chi connectivity index (χ1) is 12.7. The van der Waals surface area contributed by atoms with E-state index in [9.17, 15) is 9.59 Å². The van der Waals surface area contributed by atoms with Gasteiger partial charge in [-0.25, -0.2) is 4.79 Å². The highest BCUT2D eigenvalue weighted by atomic mass is 16.6. The van der Waals surface area contributed by atoms with E-state index >= 15 is 0 Å². The Morgan fingerprint density at radius 1 is 1.15 bits per heavy atom. The number of piperidine rings is 1. The van der Waals surface area contributed by atoms with Crippen LogP contribution in [0.4, 0.5) is 4.79 Å². The minimum absolute atomic E-state index is 0.239. The van der Waals surface area contributed by atoms with Crippen molar-refractivity contribution < 1.29 is 14.3 Å². The Kier molecular flexibility index (Phi) is 5.75. The van der Waals surface area contributed by atoms with E-state index in [1.54, 1.807) is 4.90 Å². The largest absolute Gasteiger partial charge is 0.439 e. The van der Waals surface area contributed by atoms with Crippen LogP contribution in [0, 0.1) is 17.8 Å². The first kappa shape index (κ1) is 17.8. The second kappa shape index (κ2) is 8.39. The average molecular weight is 350 g/mol. The molecule has 1 aliphatic rings. The van der Waals surface area contributed by atoms with Crippen LogP contribution in [-0.2, 0) is 9.53 Å². The third kappa shape index (κ3) is 4.54. The summed E-state index contributed by atoms with van der Waals surface area (Å²) in [5.41, 5.74) is 1.01. The number of likely N-dealkylation sites (tertiary alicyclic amines) is 1. The number of nitrogens with zero attached hydrogens (tertiary/aromatic N) is 1. The molecule has 0 aromatic heterocycles. The lowest BCUT2D eigenvalue weighted by Crippen LogP contribution is -2.40. The number of amides is 2. The van der Waals surface area contributed by atoms with Crippen LogP contribution in [0.15, 0.2) is 42.5 Å². The molecule has 26 heavy (non-hydrogen) atoms. The van der Waals surface area contributed by atoms with E-state index < -0.39 is 6.09 Å². The summed E-state index contributed by atoms with van der Waals surface area (Å²) in [5.74, 6) is 6.55. The van der Waals surface area contributed by atoms with Gasteiger partial charge in [0, 0.05) is 31.6 Å². The topological polar surface area (TPSA) is 58.6 Å². The molecular formula is C21H22N2O3. The van der Waals surface area contributed by atoms with Crippen LogP contribution in [0.1, 0.15) is 18.4 Å². The fourth-order valence-electron chi connectivity index (χ4n) is 2.95. The van der Waals surface area contributed by atoms with Crippen LogP contribution in [0.3, 0.4) is 0 Å². The van der Waals surface area contributed by atoms with Crippen molar-refractivity contribution in [3.05, 3.63) is 48.0 Å². The Bertz CT molecular complexity index is 858. The zero-order valence-electron chi connectivity index (χ0n) is 14.8. The van der Waals surface area contributed by atoms with Gasteiger partial charge in [0.25, 0.3) is 5.91 Å². The molecule has 0 bridgehead atoms.